The molecule has 0 aliphatic rings. The first kappa shape index (κ1) is 16.6. The van der Waals surface area contributed by atoms with Crippen LogP contribution >= 0.6 is 0 Å². The molecule has 0 amide bonds. The fourth-order valence-corrected chi connectivity index (χ4v) is 2.37. The lowest BCUT2D eigenvalue weighted by Gasteiger charge is -2.08. The van der Waals surface area contributed by atoms with Gasteiger partial charge >= 0.3 is 5.97 Å². The fraction of sp³-hybridized carbons (Fsp3) is 0.158. The molecule has 6 nitrogen and oxygen atoms in total. The second kappa shape index (κ2) is 7.09. The maximum atomic E-state index is 11.4. The molecule has 25 heavy (non-hydrogen) atoms. The Labute approximate surface area is 144 Å². The lowest BCUT2D eigenvalue weighted by atomic mass is 10.1. The van der Waals surface area contributed by atoms with E-state index in [2.05, 4.69) is 16.8 Å². The van der Waals surface area contributed by atoms with Crippen molar-refractivity contribution < 1.29 is 14.3 Å². The Balaban J connectivity index is 1.86. The van der Waals surface area contributed by atoms with Gasteiger partial charge in [-0.2, -0.15) is 0 Å². The minimum Gasteiger partial charge on any atom is -0.462 e. The van der Waals surface area contributed by atoms with Gasteiger partial charge in [-0.3, -0.25) is 4.79 Å². The van der Waals surface area contributed by atoms with Crippen LogP contribution in [0.1, 0.15) is 22.8 Å². The second-order valence-corrected chi connectivity index (χ2v) is 5.66. The number of hydrogen-bond acceptors (Lipinski definition) is 5. The average Bonchev–Trinajstić information content (AvgIpc) is 3.05. The Bertz CT molecular complexity index is 926. The summed E-state index contributed by atoms with van der Waals surface area (Å²) >= 11 is 0. The van der Waals surface area contributed by atoms with E-state index in [0.717, 1.165) is 22.9 Å². The number of esters is 1. The van der Waals surface area contributed by atoms with Crippen molar-refractivity contribution in [3.8, 4) is 5.69 Å². The number of nitrogens with zero attached hydrogens (tertiary/aromatic N) is 3. The van der Waals surface area contributed by atoms with Crippen LogP contribution < -0.4 is 0 Å². The molecule has 3 aromatic rings. The molecule has 0 saturated heterocycles. The van der Waals surface area contributed by atoms with Gasteiger partial charge in [-0.1, -0.05) is 24.8 Å². The van der Waals surface area contributed by atoms with Crippen molar-refractivity contribution in [3.05, 3.63) is 65.7 Å². The van der Waals surface area contributed by atoms with Crippen molar-refractivity contribution in [2.24, 2.45) is 0 Å². The van der Waals surface area contributed by atoms with Gasteiger partial charge in [0.25, 0.3) is 0 Å². The number of benzene rings is 2. The first-order valence-corrected chi connectivity index (χ1v) is 7.81. The van der Waals surface area contributed by atoms with E-state index in [0.29, 0.717) is 23.2 Å². The molecule has 2 aromatic carbocycles. The molecule has 0 aliphatic heterocycles. The monoisotopic (exact) mass is 335 g/mol. The highest BCUT2D eigenvalue weighted by Crippen LogP contribution is 2.17. The summed E-state index contributed by atoms with van der Waals surface area (Å²) in [5.74, 6) is -0.412. The standard InChI is InChI=1S/C19H17N3O3/c1-13(2)19(24)25-10-9-14-7-8-15(12-23)18(11-14)22-20-16-5-3-4-6-17(16)21-22/h3-8,11-12H,1,9-10H2,2H3. The van der Waals surface area contributed by atoms with Gasteiger partial charge < -0.3 is 4.74 Å². The normalized spacial score (nSPS) is 10.6. The summed E-state index contributed by atoms with van der Waals surface area (Å²) in [6.07, 6.45) is 1.29. The van der Waals surface area contributed by atoms with Crippen LogP contribution in [-0.2, 0) is 16.0 Å². The van der Waals surface area contributed by atoms with Gasteiger partial charge in [0.15, 0.2) is 6.29 Å². The van der Waals surface area contributed by atoms with Crippen LogP contribution in [0.2, 0.25) is 0 Å². The van der Waals surface area contributed by atoms with Crippen LogP contribution in [0, 0.1) is 0 Å². The number of carbonyl (C=O) groups excluding carboxylic acids is 2. The van der Waals surface area contributed by atoms with Gasteiger partial charge in [-0.25, -0.2) is 4.79 Å². The molecule has 0 radical (unpaired) electrons. The predicted octanol–water partition coefficient (Wildman–Crippen LogP) is 2.89. The van der Waals surface area contributed by atoms with Crippen LogP contribution in [-0.4, -0.2) is 33.9 Å². The quantitative estimate of drug-likeness (QED) is 0.393. The van der Waals surface area contributed by atoms with E-state index < -0.39 is 5.97 Å². The van der Waals surface area contributed by atoms with Crippen LogP contribution in [0.5, 0.6) is 0 Å². The van der Waals surface area contributed by atoms with Gasteiger partial charge in [0.1, 0.15) is 11.0 Å². The van der Waals surface area contributed by atoms with Gasteiger partial charge in [0.2, 0.25) is 0 Å². The summed E-state index contributed by atoms with van der Waals surface area (Å²) < 4.78 is 5.11. The molecule has 0 spiro atoms. The number of carbonyl (C=O) groups is 2. The molecule has 1 aromatic heterocycles. The molecule has 0 unspecified atom stereocenters. The summed E-state index contributed by atoms with van der Waals surface area (Å²) in [6, 6.07) is 12.9. The van der Waals surface area contributed by atoms with Crippen molar-refractivity contribution in [3.63, 3.8) is 0 Å². The molecular formula is C19H17N3O3. The van der Waals surface area contributed by atoms with Crippen molar-refractivity contribution in [1.29, 1.82) is 0 Å². The van der Waals surface area contributed by atoms with Crippen molar-refractivity contribution in [2.75, 3.05) is 6.61 Å². The molecule has 6 heteroatoms. The predicted molar refractivity (Wildman–Crippen MR) is 93.7 cm³/mol. The smallest absolute Gasteiger partial charge is 0.333 e. The van der Waals surface area contributed by atoms with Crippen LogP contribution in [0.25, 0.3) is 16.7 Å². The third kappa shape index (κ3) is 3.63. The topological polar surface area (TPSA) is 74.1 Å². The lowest BCUT2D eigenvalue weighted by molar-refractivity contribution is -0.138. The zero-order valence-corrected chi connectivity index (χ0v) is 13.8. The van der Waals surface area contributed by atoms with E-state index >= 15 is 0 Å². The zero-order chi connectivity index (χ0) is 17.8. The molecule has 0 bridgehead atoms. The Morgan fingerprint density at radius 3 is 2.48 bits per heavy atom. The Morgan fingerprint density at radius 1 is 1.20 bits per heavy atom. The minimum atomic E-state index is -0.412. The number of fused-ring (bicyclic) bond motifs is 1. The molecular weight excluding hydrogens is 318 g/mol. The van der Waals surface area contributed by atoms with E-state index in [-0.39, 0.29) is 6.61 Å². The molecule has 0 N–H and O–H groups in total. The van der Waals surface area contributed by atoms with E-state index in [9.17, 15) is 9.59 Å². The highest BCUT2D eigenvalue weighted by Gasteiger charge is 2.10. The molecule has 0 aliphatic carbocycles. The second-order valence-electron chi connectivity index (χ2n) is 5.66. The number of aldehydes is 1. The molecule has 1 heterocycles. The molecule has 126 valence electrons. The Hall–Kier alpha value is -3.28. The first-order valence-electron chi connectivity index (χ1n) is 7.81. The molecule has 0 fully saturated rings. The number of aromatic nitrogens is 3. The highest BCUT2D eigenvalue weighted by atomic mass is 16.5. The Morgan fingerprint density at radius 2 is 1.88 bits per heavy atom. The van der Waals surface area contributed by atoms with E-state index in [1.165, 1.54) is 4.80 Å². The fourth-order valence-electron chi connectivity index (χ4n) is 2.37. The summed E-state index contributed by atoms with van der Waals surface area (Å²) in [4.78, 5) is 24.2. The third-order valence-corrected chi connectivity index (χ3v) is 3.70. The van der Waals surface area contributed by atoms with Gasteiger partial charge in [0, 0.05) is 17.6 Å². The van der Waals surface area contributed by atoms with Gasteiger partial charge in [-0.05, 0) is 36.8 Å². The molecule has 0 saturated carbocycles. The van der Waals surface area contributed by atoms with Crippen molar-refractivity contribution >= 4 is 23.3 Å². The SMILES string of the molecule is C=C(C)C(=O)OCCc1ccc(C=O)c(-n2nc3ccccc3n2)c1. The van der Waals surface area contributed by atoms with E-state index in [4.69, 9.17) is 4.74 Å². The summed E-state index contributed by atoms with van der Waals surface area (Å²) in [6.45, 7) is 5.39. The summed E-state index contributed by atoms with van der Waals surface area (Å²) in [5, 5.41) is 8.83. The van der Waals surface area contributed by atoms with Crippen molar-refractivity contribution in [1.82, 2.24) is 15.0 Å². The van der Waals surface area contributed by atoms with Crippen LogP contribution in [0.15, 0.2) is 54.6 Å². The van der Waals surface area contributed by atoms with Gasteiger partial charge in [-0.15, -0.1) is 15.0 Å². The van der Waals surface area contributed by atoms with E-state index in [1.54, 1.807) is 13.0 Å². The van der Waals surface area contributed by atoms with E-state index in [1.807, 2.05) is 36.4 Å². The lowest BCUT2D eigenvalue weighted by Crippen LogP contribution is -2.09. The zero-order valence-electron chi connectivity index (χ0n) is 13.8. The highest BCUT2D eigenvalue weighted by molar-refractivity contribution is 5.87. The number of rotatable bonds is 6. The van der Waals surface area contributed by atoms with Crippen molar-refractivity contribution in [2.45, 2.75) is 13.3 Å². The van der Waals surface area contributed by atoms with Crippen LogP contribution in [0.3, 0.4) is 0 Å². The Kier molecular flexibility index (Phi) is 4.70. The maximum absolute atomic E-state index is 11.4. The number of hydrogen-bond donors (Lipinski definition) is 0. The van der Waals surface area contributed by atoms with Gasteiger partial charge in [0.05, 0.1) is 12.3 Å². The first-order chi connectivity index (χ1) is 12.1. The summed E-state index contributed by atoms with van der Waals surface area (Å²) in [7, 11) is 0. The maximum Gasteiger partial charge on any atom is 0.333 e. The summed E-state index contributed by atoms with van der Waals surface area (Å²) in [5.41, 5.74) is 3.86. The third-order valence-electron chi connectivity index (χ3n) is 3.70. The average molecular weight is 335 g/mol. The van der Waals surface area contributed by atoms with Crippen LogP contribution in [0.4, 0.5) is 0 Å². The molecule has 0 atom stereocenters. The number of ether oxygens (including phenoxy) is 1. The largest absolute Gasteiger partial charge is 0.462 e. The molecule has 3 rings (SSSR count). The minimum absolute atomic E-state index is 0.236.